The van der Waals surface area contributed by atoms with E-state index in [1.165, 1.54) is 0 Å². The maximum absolute atomic E-state index is 5.41. The summed E-state index contributed by atoms with van der Waals surface area (Å²) in [6, 6.07) is 20.1. The summed E-state index contributed by atoms with van der Waals surface area (Å²) < 4.78 is 6.46. The summed E-state index contributed by atoms with van der Waals surface area (Å²) in [6.45, 7) is 0. The standard InChI is InChI=1S/C18H14BrNO/c1-21-18-11-6-13(16-4-2-3-5-17(16)18)12-20-15-9-7-14(19)8-10-15/h2-12H,1H3. The molecular formula is C18H14BrNO. The van der Waals surface area contributed by atoms with Gasteiger partial charge in [-0.1, -0.05) is 40.2 Å². The summed E-state index contributed by atoms with van der Waals surface area (Å²) in [6.07, 6.45) is 1.89. The van der Waals surface area contributed by atoms with Crippen molar-refractivity contribution in [2.24, 2.45) is 4.99 Å². The largest absolute Gasteiger partial charge is 0.496 e. The summed E-state index contributed by atoms with van der Waals surface area (Å²) in [7, 11) is 1.69. The van der Waals surface area contributed by atoms with Crippen molar-refractivity contribution in [1.29, 1.82) is 0 Å². The van der Waals surface area contributed by atoms with Crippen molar-refractivity contribution in [3.05, 3.63) is 70.7 Å². The first kappa shape index (κ1) is 13.8. The molecule has 0 saturated carbocycles. The van der Waals surface area contributed by atoms with Crippen LogP contribution in [0.3, 0.4) is 0 Å². The van der Waals surface area contributed by atoms with Gasteiger partial charge in [0.2, 0.25) is 0 Å². The number of fused-ring (bicyclic) bond motifs is 1. The maximum atomic E-state index is 5.41. The van der Waals surface area contributed by atoms with Gasteiger partial charge in [-0.3, -0.25) is 4.99 Å². The Balaban J connectivity index is 2.03. The third-order valence-corrected chi connectivity index (χ3v) is 3.85. The molecule has 3 aromatic rings. The quantitative estimate of drug-likeness (QED) is 0.588. The van der Waals surface area contributed by atoms with E-state index in [-0.39, 0.29) is 0 Å². The lowest BCUT2D eigenvalue weighted by Crippen LogP contribution is -1.89. The SMILES string of the molecule is COc1ccc(C=Nc2ccc(Br)cc2)c2ccccc12. The Morgan fingerprint density at radius 1 is 0.905 bits per heavy atom. The van der Waals surface area contributed by atoms with Gasteiger partial charge in [-0.2, -0.15) is 0 Å². The van der Waals surface area contributed by atoms with E-state index in [2.05, 4.69) is 33.1 Å². The van der Waals surface area contributed by atoms with Crippen LogP contribution in [-0.4, -0.2) is 13.3 Å². The molecule has 3 aromatic carbocycles. The molecule has 2 nitrogen and oxygen atoms in total. The van der Waals surface area contributed by atoms with Crippen molar-refractivity contribution in [3.8, 4) is 5.75 Å². The Bertz CT molecular complexity index is 794. The van der Waals surface area contributed by atoms with Gasteiger partial charge in [0.15, 0.2) is 0 Å². The monoisotopic (exact) mass is 339 g/mol. The van der Waals surface area contributed by atoms with E-state index in [1.807, 2.05) is 54.7 Å². The molecule has 0 heterocycles. The van der Waals surface area contributed by atoms with Crippen LogP contribution in [-0.2, 0) is 0 Å². The normalized spacial score (nSPS) is 11.1. The molecule has 0 aliphatic carbocycles. The van der Waals surface area contributed by atoms with Gasteiger partial charge in [0.05, 0.1) is 12.8 Å². The molecule has 0 spiro atoms. The number of hydrogen-bond acceptors (Lipinski definition) is 2. The minimum atomic E-state index is 0.881. The zero-order valence-corrected chi connectivity index (χ0v) is 13.2. The summed E-state index contributed by atoms with van der Waals surface area (Å²) in [5, 5.41) is 2.23. The zero-order chi connectivity index (χ0) is 14.7. The van der Waals surface area contributed by atoms with E-state index in [4.69, 9.17) is 4.74 Å². The van der Waals surface area contributed by atoms with Crippen molar-refractivity contribution >= 4 is 38.6 Å². The third-order valence-electron chi connectivity index (χ3n) is 3.32. The first-order valence-electron chi connectivity index (χ1n) is 6.63. The summed E-state index contributed by atoms with van der Waals surface area (Å²) in [4.78, 5) is 4.54. The molecule has 0 radical (unpaired) electrons. The van der Waals surface area contributed by atoms with E-state index in [9.17, 15) is 0 Å². The fourth-order valence-corrected chi connectivity index (χ4v) is 2.52. The van der Waals surface area contributed by atoms with E-state index in [0.717, 1.165) is 32.2 Å². The Labute approximate surface area is 132 Å². The first-order valence-corrected chi connectivity index (χ1v) is 7.42. The Morgan fingerprint density at radius 2 is 1.62 bits per heavy atom. The van der Waals surface area contributed by atoms with Crippen LogP contribution in [0.5, 0.6) is 5.75 Å². The highest BCUT2D eigenvalue weighted by Crippen LogP contribution is 2.28. The predicted molar refractivity (Wildman–Crippen MR) is 91.9 cm³/mol. The van der Waals surface area contributed by atoms with Crippen LogP contribution in [0, 0.1) is 0 Å². The van der Waals surface area contributed by atoms with Crippen molar-refractivity contribution in [1.82, 2.24) is 0 Å². The molecule has 0 aliphatic rings. The number of benzene rings is 3. The number of methoxy groups -OCH3 is 1. The minimum Gasteiger partial charge on any atom is -0.496 e. The number of nitrogens with zero attached hydrogens (tertiary/aromatic N) is 1. The molecule has 0 saturated heterocycles. The van der Waals surface area contributed by atoms with Crippen molar-refractivity contribution < 1.29 is 4.74 Å². The van der Waals surface area contributed by atoms with Crippen LogP contribution >= 0.6 is 15.9 Å². The summed E-state index contributed by atoms with van der Waals surface area (Å²) in [5.41, 5.74) is 2.01. The van der Waals surface area contributed by atoms with Crippen LogP contribution in [0.15, 0.2) is 70.1 Å². The molecule has 21 heavy (non-hydrogen) atoms. The predicted octanol–water partition coefficient (Wildman–Crippen LogP) is 5.36. The van der Waals surface area contributed by atoms with Crippen LogP contribution in [0.25, 0.3) is 10.8 Å². The van der Waals surface area contributed by atoms with Crippen LogP contribution < -0.4 is 4.74 Å². The molecule has 0 aliphatic heterocycles. The lowest BCUT2D eigenvalue weighted by atomic mass is 10.0. The topological polar surface area (TPSA) is 21.6 Å². The van der Waals surface area contributed by atoms with Gasteiger partial charge in [-0.05, 0) is 41.8 Å². The zero-order valence-electron chi connectivity index (χ0n) is 11.6. The molecule has 0 unspecified atom stereocenters. The molecule has 0 fully saturated rings. The fraction of sp³-hybridized carbons (Fsp3) is 0.0556. The number of halogens is 1. The minimum absolute atomic E-state index is 0.881. The molecule has 0 amide bonds. The van der Waals surface area contributed by atoms with E-state index in [0.29, 0.717) is 0 Å². The van der Waals surface area contributed by atoms with E-state index < -0.39 is 0 Å². The van der Waals surface area contributed by atoms with Crippen LogP contribution in [0.4, 0.5) is 5.69 Å². The first-order chi connectivity index (χ1) is 10.3. The average Bonchev–Trinajstić information content (AvgIpc) is 2.54. The number of hydrogen-bond donors (Lipinski definition) is 0. The van der Waals surface area contributed by atoms with E-state index >= 15 is 0 Å². The van der Waals surface area contributed by atoms with Gasteiger partial charge in [-0.15, -0.1) is 0 Å². The highest BCUT2D eigenvalue weighted by atomic mass is 79.9. The summed E-state index contributed by atoms with van der Waals surface area (Å²) in [5.74, 6) is 0.881. The maximum Gasteiger partial charge on any atom is 0.126 e. The molecule has 0 bridgehead atoms. The lowest BCUT2D eigenvalue weighted by molar-refractivity contribution is 0.420. The van der Waals surface area contributed by atoms with E-state index in [1.54, 1.807) is 7.11 Å². The molecular weight excluding hydrogens is 326 g/mol. The molecule has 0 aromatic heterocycles. The smallest absolute Gasteiger partial charge is 0.126 e. The Kier molecular flexibility index (Phi) is 4.02. The Morgan fingerprint density at radius 3 is 2.33 bits per heavy atom. The number of ether oxygens (including phenoxy) is 1. The third kappa shape index (κ3) is 2.98. The van der Waals surface area contributed by atoms with Gasteiger partial charge in [0, 0.05) is 21.6 Å². The van der Waals surface area contributed by atoms with Crippen molar-refractivity contribution in [2.75, 3.05) is 7.11 Å². The number of rotatable bonds is 3. The second kappa shape index (κ2) is 6.10. The van der Waals surface area contributed by atoms with Crippen LogP contribution in [0.1, 0.15) is 5.56 Å². The van der Waals surface area contributed by atoms with Gasteiger partial charge in [-0.25, -0.2) is 0 Å². The second-order valence-electron chi connectivity index (χ2n) is 4.64. The van der Waals surface area contributed by atoms with Crippen LogP contribution in [0.2, 0.25) is 0 Å². The molecule has 0 atom stereocenters. The van der Waals surface area contributed by atoms with Gasteiger partial charge >= 0.3 is 0 Å². The lowest BCUT2D eigenvalue weighted by Gasteiger charge is -2.07. The fourth-order valence-electron chi connectivity index (χ4n) is 2.26. The average molecular weight is 340 g/mol. The molecule has 3 heteroatoms. The number of aliphatic imine (C=N–C) groups is 1. The van der Waals surface area contributed by atoms with Gasteiger partial charge < -0.3 is 4.74 Å². The molecule has 0 N–H and O–H groups in total. The Hall–Kier alpha value is -2.13. The molecule has 3 rings (SSSR count). The second-order valence-corrected chi connectivity index (χ2v) is 5.55. The van der Waals surface area contributed by atoms with Crippen molar-refractivity contribution in [3.63, 3.8) is 0 Å². The highest BCUT2D eigenvalue weighted by molar-refractivity contribution is 9.10. The molecule has 104 valence electrons. The van der Waals surface area contributed by atoms with Crippen molar-refractivity contribution in [2.45, 2.75) is 0 Å². The highest BCUT2D eigenvalue weighted by Gasteiger charge is 2.04. The van der Waals surface area contributed by atoms with Gasteiger partial charge in [0.1, 0.15) is 5.75 Å². The van der Waals surface area contributed by atoms with Gasteiger partial charge in [0.25, 0.3) is 0 Å². The summed E-state index contributed by atoms with van der Waals surface area (Å²) >= 11 is 3.42.